The van der Waals surface area contributed by atoms with Crippen LogP contribution < -0.4 is 9.47 Å². The number of methoxy groups -OCH3 is 1. The van der Waals surface area contributed by atoms with Gasteiger partial charge in [0.05, 0.1) is 7.11 Å². The molecule has 1 aliphatic rings. The molecule has 0 aromatic heterocycles. The summed E-state index contributed by atoms with van der Waals surface area (Å²) in [5, 5.41) is 8.92. The van der Waals surface area contributed by atoms with E-state index in [1.54, 1.807) is 7.11 Å². The second-order valence-corrected chi connectivity index (χ2v) is 3.11. The molecule has 0 amide bonds. The van der Waals surface area contributed by atoms with Gasteiger partial charge in [0.1, 0.15) is 23.9 Å². The average Bonchev–Trinajstić information content (AvgIpc) is 2.27. The molecule has 0 spiro atoms. The monoisotopic (exact) mass is 192 g/mol. The smallest absolute Gasteiger partial charge is 0.134 e. The summed E-state index contributed by atoms with van der Waals surface area (Å²) in [5.74, 6) is 2.14. The van der Waals surface area contributed by atoms with Gasteiger partial charge < -0.3 is 14.6 Å². The Morgan fingerprint density at radius 3 is 3.07 bits per heavy atom. The number of fused-ring (bicyclic) bond motifs is 1. The highest BCUT2D eigenvalue weighted by Gasteiger charge is 2.12. The molecule has 74 valence electrons. The van der Waals surface area contributed by atoms with Crippen LogP contribution in [0.1, 0.15) is 5.56 Å². The van der Waals surface area contributed by atoms with Gasteiger partial charge in [0.15, 0.2) is 0 Å². The lowest BCUT2D eigenvalue weighted by atomic mass is 10.1. The third kappa shape index (κ3) is 1.59. The maximum absolute atomic E-state index is 8.92. The molecule has 0 radical (unpaired) electrons. The summed E-state index contributed by atoms with van der Waals surface area (Å²) in [6, 6.07) is 5.71. The van der Waals surface area contributed by atoms with Gasteiger partial charge in [-0.2, -0.15) is 0 Å². The molecule has 3 nitrogen and oxygen atoms in total. The maximum atomic E-state index is 8.92. The second-order valence-electron chi connectivity index (χ2n) is 3.11. The molecule has 0 atom stereocenters. The van der Waals surface area contributed by atoms with Gasteiger partial charge in [-0.05, 0) is 24.1 Å². The molecule has 0 saturated heterocycles. The van der Waals surface area contributed by atoms with Gasteiger partial charge in [0.25, 0.3) is 0 Å². The molecule has 1 aliphatic heterocycles. The van der Waals surface area contributed by atoms with Crippen molar-refractivity contribution in [3.63, 3.8) is 0 Å². The summed E-state index contributed by atoms with van der Waals surface area (Å²) in [5.41, 5.74) is 1.11. The minimum atomic E-state index is -0.0589. The minimum Gasteiger partial charge on any atom is -0.497 e. The van der Waals surface area contributed by atoms with E-state index in [2.05, 4.69) is 0 Å². The normalized spacial score (nSPS) is 14.0. The Morgan fingerprint density at radius 2 is 2.36 bits per heavy atom. The van der Waals surface area contributed by atoms with E-state index in [-0.39, 0.29) is 6.61 Å². The Bertz CT molecular complexity index is 369. The highest BCUT2D eigenvalue weighted by Crippen LogP contribution is 2.29. The van der Waals surface area contributed by atoms with E-state index in [1.807, 2.05) is 24.3 Å². The Morgan fingerprint density at radius 1 is 1.50 bits per heavy atom. The van der Waals surface area contributed by atoms with Crippen LogP contribution in [0.5, 0.6) is 11.5 Å². The van der Waals surface area contributed by atoms with Crippen LogP contribution in [0.15, 0.2) is 30.0 Å². The highest BCUT2D eigenvalue weighted by atomic mass is 16.5. The third-order valence-corrected chi connectivity index (χ3v) is 2.22. The van der Waals surface area contributed by atoms with Crippen molar-refractivity contribution in [3.05, 3.63) is 35.6 Å². The summed E-state index contributed by atoms with van der Waals surface area (Å²) in [6.45, 7) is -0.0589. The highest BCUT2D eigenvalue weighted by molar-refractivity contribution is 5.44. The Kier molecular flexibility index (Phi) is 2.41. The zero-order valence-electron chi connectivity index (χ0n) is 7.99. The lowest BCUT2D eigenvalue weighted by Crippen LogP contribution is -2.07. The molecule has 1 heterocycles. The molecular formula is C11H12O3. The molecule has 0 aliphatic carbocycles. The van der Waals surface area contributed by atoms with E-state index in [0.29, 0.717) is 5.76 Å². The quantitative estimate of drug-likeness (QED) is 0.771. The van der Waals surface area contributed by atoms with Crippen molar-refractivity contribution < 1.29 is 14.6 Å². The second kappa shape index (κ2) is 3.72. The van der Waals surface area contributed by atoms with Crippen LogP contribution in [-0.2, 0) is 6.42 Å². The molecule has 0 fully saturated rings. The standard InChI is InChI=1S/C11H12O3/c1-13-9-4-2-8-3-5-10(7-12)14-11(8)6-9/h2,4-6,12H,3,7H2,1H3. The van der Waals surface area contributed by atoms with Crippen molar-refractivity contribution in [2.75, 3.05) is 13.7 Å². The van der Waals surface area contributed by atoms with E-state index in [0.717, 1.165) is 23.5 Å². The number of benzene rings is 1. The summed E-state index contributed by atoms with van der Waals surface area (Å²) in [4.78, 5) is 0. The molecule has 0 bridgehead atoms. The van der Waals surface area contributed by atoms with E-state index >= 15 is 0 Å². The predicted octanol–water partition coefficient (Wildman–Crippen LogP) is 1.51. The number of hydrogen-bond acceptors (Lipinski definition) is 3. The van der Waals surface area contributed by atoms with Gasteiger partial charge in [0, 0.05) is 6.07 Å². The Labute approximate surface area is 82.6 Å². The van der Waals surface area contributed by atoms with E-state index in [1.165, 1.54) is 0 Å². The van der Waals surface area contributed by atoms with Crippen LogP contribution in [0, 0.1) is 0 Å². The number of rotatable bonds is 2. The molecule has 3 heteroatoms. The van der Waals surface area contributed by atoms with Gasteiger partial charge in [-0.1, -0.05) is 6.07 Å². The maximum Gasteiger partial charge on any atom is 0.134 e. The zero-order valence-corrected chi connectivity index (χ0v) is 7.99. The Balaban J connectivity index is 2.30. The molecule has 1 aromatic carbocycles. The fraction of sp³-hybridized carbons (Fsp3) is 0.273. The first-order valence-electron chi connectivity index (χ1n) is 4.48. The molecular weight excluding hydrogens is 180 g/mol. The van der Waals surface area contributed by atoms with Crippen molar-refractivity contribution in [2.24, 2.45) is 0 Å². The number of aliphatic hydroxyl groups is 1. The third-order valence-electron chi connectivity index (χ3n) is 2.22. The zero-order chi connectivity index (χ0) is 9.97. The first kappa shape index (κ1) is 9.09. The van der Waals surface area contributed by atoms with Crippen molar-refractivity contribution in [1.29, 1.82) is 0 Å². The number of allylic oxidation sites excluding steroid dienone is 1. The predicted molar refractivity (Wildman–Crippen MR) is 52.5 cm³/mol. The summed E-state index contributed by atoms with van der Waals surface area (Å²) >= 11 is 0. The summed E-state index contributed by atoms with van der Waals surface area (Å²) < 4.78 is 10.5. The van der Waals surface area contributed by atoms with Crippen LogP contribution in [0.4, 0.5) is 0 Å². The number of ether oxygens (including phenoxy) is 2. The first-order valence-corrected chi connectivity index (χ1v) is 4.48. The molecule has 2 rings (SSSR count). The van der Waals surface area contributed by atoms with Crippen LogP contribution in [0.25, 0.3) is 0 Å². The van der Waals surface area contributed by atoms with Gasteiger partial charge in [-0.3, -0.25) is 0 Å². The average molecular weight is 192 g/mol. The molecule has 1 N–H and O–H groups in total. The van der Waals surface area contributed by atoms with Crippen LogP contribution in [-0.4, -0.2) is 18.8 Å². The van der Waals surface area contributed by atoms with Gasteiger partial charge in [-0.25, -0.2) is 0 Å². The van der Waals surface area contributed by atoms with E-state index in [4.69, 9.17) is 14.6 Å². The fourth-order valence-electron chi connectivity index (χ4n) is 1.43. The molecule has 14 heavy (non-hydrogen) atoms. The summed E-state index contributed by atoms with van der Waals surface area (Å²) in [6.07, 6.45) is 2.68. The van der Waals surface area contributed by atoms with Crippen LogP contribution >= 0.6 is 0 Å². The van der Waals surface area contributed by atoms with Gasteiger partial charge in [0.2, 0.25) is 0 Å². The van der Waals surface area contributed by atoms with Crippen molar-refractivity contribution in [1.82, 2.24) is 0 Å². The summed E-state index contributed by atoms with van der Waals surface area (Å²) in [7, 11) is 1.62. The minimum absolute atomic E-state index is 0.0589. The SMILES string of the molecule is COc1ccc2c(c1)OC(CO)=CC2. The largest absolute Gasteiger partial charge is 0.497 e. The molecule has 0 unspecified atom stereocenters. The molecule has 1 aromatic rings. The first-order chi connectivity index (χ1) is 6.83. The fourth-order valence-corrected chi connectivity index (χ4v) is 1.43. The topological polar surface area (TPSA) is 38.7 Å². The lowest BCUT2D eigenvalue weighted by molar-refractivity contribution is 0.257. The van der Waals surface area contributed by atoms with Crippen LogP contribution in [0.3, 0.4) is 0 Å². The van der Waals surface area contributed by atoms with Crippen molar-refractivity contribution in [2.45, 2.75) is 6.42 Å². The van der Waals surface area contributed by atoms with E-state index in [9.17, 15) is 0 Å². The van der Waals surface area contributed by atoms with Crippen molar-refractivity contribution in [3.8, 4) is 11.5 Å². The lowest BCUT2D eigenvalue weighted by Gasteiger charge is -2.17. The number of aliphatic hydroxyl groups excluding tert-OH is 1. The van der Waals surface area contributed by atoms with Crippen LogP contribution in [0.2, 0.25) is 0 Å². The van der Waals surface area contributed by atoms with Gasteiger partial charge >= 0.3 is 0 Å². The Hall–Kier alpha value is -1.48. The number of hydrogen-bond donors (Lipinski definition) is 1. The van der Waals surface area contributed by atoms with Crippen molar-refractivity contribution >= 4 is 0 Å². The molecule has 0 saturated carbocycles. The van der Waals surface area contributed by atoms with Gasteiger partial charge in [-0.15, -0.1) is 0 Å². The van der Waals surface area contributed by atoms with E-state index < -0.39 is 0 Å².